The van der Waals surface area contributed by atoms with Crippen molar-refractivity contribution in [1.29, 1.82) is 0 Å². The minimum Gasteiger partial charge on any atom is -0.351 e. The largest absolute Gasteiger partial charge is 0.351 e. The van der Waals surface area contributed by atoms with Crippen LogP contribution in [0.3, 0.4) is 0 Å². The molecule has 2 fully saturated rings. The zero-order valence-electron chi connectivity index (χ0n) is 13.6. The van der Waals surface area contributed by atoms with Crippen LogP contribution in [0.1, 0.15) is 56.5 Å². The predicted octanol–water partition coefficient (Wildman–Crippen LogP) is 2.84. The number of hydrogen-bond donors (Lipinski definition) is 1. The quantitative estimate of drug-likeness (QED) is 0.933. The summed E-state index contributed by atoms with van der Waals surface area (Å²) in [5.41, 5.74) is 1.08. The standard InChI is InChI=1S/C18H27N3O/c1-12-10-21-11-14(7-8-17(21)19-12)20-18(22)16-9-15(16)13-5-3-2-4-6-13/h10,13-16H,2-9,11H2,1H3,(H,20,22)/t14-,15-,16-/m0/s1. The van der Waals surface area contributed by atoms with Crippen LogP contribution in [0.25, 0.3) is 0 Å². The van der Waals surface area contributed by atoms with Crippen LogP contribution < -0.4 is 5.32 Å². The SMILES string of the molecule is Cc1cn2c(n1)CC[C@H](NC(=O)[C@H]1C[C@H]1C1CCCCC1)C2. The Morgan fingerprint density at radius 2 is 2.09 bits per heavy atom. The van der Waals surface area contributed by atoms with Crippen molar-refractivity contribution in [3.05, 3.63) is 17.7 Å². The molecule has 0 radical (unpaired) electrons. The monoisotopic (exact) mass is 301 g/mol. The van der Waals surface area contributed by atoms with Crippen LogP contribution in [0.4, 0.5) is 0 Å². The summed E-state index contributed by atoms with van der Waals surface area (Å²) in [5, 5.41) is 3.31. The van der Waals surface area contributed by atoms with E-state index in [-0.39, 0.29) is 0 Å². The number of hydrogen-bond acceptors (Lipinski definition) is 2. The first-order valence-corrected chi connectivity index (χ1v) is 9.04. The van der Waals surface area contributed by atoms with Crippen molar-refractivity contribution < 1.29 is 4.79 Å². The fourth-order valence-electron chi connectivity index (χ4n) is 4.61. The maximum absolute atomic E-state index is 12.5. The van der Waals surface area contributed by atoms with E-state index < -0.39 is 0 Å². The first kappa shape index (κ1) is 14.3. The molecule has 1 aliphatic heterocycles. The Kier molecular flexibility index (Phi) is 3.71. The Bertz CT molecular complexity index is 559. The molecule has 4 heteroatoms. The molecule has 0 spiro atoms. The second-order valence-corrected chi connectivity index (χ2v) is 7.60. The summed E-state index contributed by atoms with van der Waals surface area (Å²) in [6.07, 6.45) is 12.1. The van der Waals surface area contributed by atoms with Crippen LogP contribution in [0, 0.1) is 24.7 Å². The zero-order chi connectivity index (χ0) is 15.1. The molecule has 1 aromatic rings. The summed E-state index contributed by atoms with van der Waals surface area (Å²) in [7, 11) is 0. The van der Waals surface area contributed by atoms with Gasteiger partial charge in [-0.2, -0.15) is 0 Å². The van der Waals surface area contributed by atoms with Crippen LogP contribution in [-0.2, 0) is 17.8 Å². The third kappa shape index (κ3) is 2.80. The Labute approximate surface area is 132 Å². The van der Waals surface area contributed by atoms with Gasteiger partial charge >= 0.3 is 0 Å². The van der Waals surface area contributed by atoms with E-state index in [4.69, 9.17) is 0 Å². The van der Waals surface area contributed by atoms with Crippen molar-refractivity contribution in [2.75, 3.05) is 0 Å². The van der Waals surface area contributed by atoms with Crippen LogP contribution in [-0.4, -0.2) is 21.5 Å². The molecule has 0 bridgehead atoms. The van der Waals surface area contributed by atoms with Gasteiger partial charge in [-0.3, -0.25) is 4.79 Å². The average molecular weight is 301 g/mol. The minimum atomic E-state index is 0.293. The minimum absolute atomic E-state index is 0.293. The molecule has 1 aromatic heterocycles. The topological polar surface area (TPSA) is 46.9 Å². The summed E-state index contributed by atoms with van der Waals surface area (Å²) in [6.45, 7) is 2.93. The van der Waals surface area contributed by atoms with Crippen molar-refractivity contribution in [3.63, 3.8) is 0 Å². The molecule has 2 aliphatic carbocycles. The highest BCUT2D eigenvalue weighted by Gasteiger charge is 2.47. The molecule has 2 saturated carbocycles. The van der Waals surface area contributed by atoms with E-state index in [1.54, 1.807) is 0 Å². The van der Waals surface area contributed by atoms with Crippen LogP contribution in [0.2, 0.25) is 0 Å². The second-order valence-electron chi connectivity index (χ2n) is 7.60. The van der Waals surface area contributed by atoms with Crippen LogP contribution in [0.5, 0.6) is 0 Å². The van der Waals surface area contributed by atoms with E-state index in [9.17, 15) is 4.79 Å². The number of fused-ring (bicyclic) bond motifs is 1. The zero-order valence-corrected chi connectivity index (χ0v) is 13.6. The van der Waals surface area contributed by atoms with Gasteiger partial charge in [0.05, 0.1) is 5.69 Å². The van der Waals surface area contributed by atoms with Crippen molar-refractivity contribution in [3.8, 4) is 0 Å². The smallest absolute Gasteiger partial charge is 0.223 e. The Balaban J connectivity index is 1.30. The van der Waals surface area contributed by atoms with Gasteiger partial charge < -0.3 is 9.88 Å². The molecular formula is C18H27N3O. The number of amides is 1. The average Bonchev–Trinajstić information content (AvgIpc) is 3.24. The third-order valence-corrected chi connectivity index (χ3v) is 5.89. The lowest BCUT2D eigenvalue weighted by Crippen LogP contribution is -2.42. The lowest BCUT2D eigenvalue weighted by molar-refractivity contribution is -0.123. The summed E-state index contributed by atoms with van der Waals surface area (Å²) in [5.74, 6) is 3.33. The molecule has 1 N–H and O–H groups in total. The number of rotatable bonds is 3. The lowest BCUT2D eigenvalue weighted by Gasteiger charge is -2.25. The van der Waals surface area contributed by atoms with Gasteiger partial charge in [0.25, 0.3) is 0 Å². The Morgan fingerprint density at radius 1 is 1.27 bits per heavy atom. The van der Waals surface area contributed by atoms with E-state index >= 15 is 0 Å². The molecule has 4 rings (SSSR count). The third-order valence-electron chi connectivity index (χ3n) is 5.89. The number of imidazole rings is 1. The number of aryl methyl sites for hydroxylation is 2. The Hall–Kier alpha value is -1.32. The fourth-order valence-corrected chi connectivity index (χ4v) is 4.61. The van der Waals surface area contributed by atoms with Gasteiger partial charge in [0.15, 0.2) is 0 Å². The van der Waals surface area contributed by atoms with Crippen molar-refractivity contribution in [2.45, 2.75) is 70.9 Å². The second kappa shape index (κ2) is 5.71. The molecule has 0 saturated heterocycles. The maximum Gasteiger partial charge on any atom is 0.223 e. The summed E-state index contributed by atoms with van der Waals surface area (Å²) in [6, 6.07) is 0.293. The first-order valence-electron chi connectivity index (χ1n) is 9.04. The fraction of sp³-hybridized carbons (Fsp3) is 0.778. The molecular weight excluding hydrogens is 274 g/mol. The van der Waals surface area contributed by atoms with Gasteiger partial charge in [-0.1, -0.05) is 32.1 Å². The Morgan fingerprint density at radius 3 is 2.91 bits per heavy atom. The number of aromatic nitrogens is 2. The molecule has 120 valence electrons. The molecule has 2 heterocycles. The van der Waals surface area contributed by atoms with E-state index in [2.05, 4.69) is 21.1 Å². The van der Waals surface area contributed by atoms with Crippen LogP contribution in [0.15, 0.2) is 6.20 Å². The van der Waals surface area contributed by atoms with Crippen molar-refractivity contribution >= 4 is 5.91 Å². The molecule has 1 amide bonds. The van der Waals surface area contributed by atoms with Gasteiger partial charge in [-0.15, -0.1) is 0 Å². The van der Waals surface area contributed by atoms with Gasteiger partial charge in [-0.25, -0.2) is 4.98 Å². The molecule has 4 nitrogen and oxygen atoms in total. The van der Waals surface area contributed by atoms with Crippen molar-refractivity contribution in [1.82, 2.24) is 14.9 Å². The number of nitrogens with zero attached hydrogens (tertiary/aromatic N) is 2. The highest BCUT2D eigenvalue weighted by Crippen LogP contribution is 2.49. The molecule has 3 aliphatic rings. The number of carbonyl (C=O) groups excluding carboxylic acids is 1. The highest BCUT2D eigenvalue weighted by molar-refractivity contribution is 5.81. The summed E-state index contributed by atoms with van der Waals surface area (Å²) >= 11 is 0. The maximum atomic E-state index is 12.5. The van der Waals surface area contributed by atoms with Gasteiger partial charge in [0.1, 0.15) is 5.82 Å². The van der Waals surface area contributed by atoms with Crippen molar-refractivity contribution in [2.24, 2.45) is 17.8 Å². The van der Waals surface area contributed by atoms with Gasteiger partial charge in [-0.05, 0) is 31.6 Å². The summed E-state index contributed by atoms with van der Waals surface area (Å²) < 4.78 is 2.22. The van der Waals surface area contributed by atoms with Crippen LogP contribution >= 0.6 is 0 Å². The van der Waals surface area contributed by atoms with E-state index in [0.717, 1.165) is 37.4 Å². The predicted molar refractivity (Wildman–Crippen MR) is 85.4 cm³/mol. The molecule has 3 atom stereocenters. The lowest BCUT2D eigenvalue weighted by atomic mass is 9.85. The summed E-state index contributed by atoms with van der Waals surface area (Å²) in [4.78, 5) is 17.0. The molecule has 0 aromatic carbocycles. The number of carbonyl (C=O) groups is 1. The van der Waals surface area contributed by atoms with E-state index in [0.29, 0.717) is 23.8 Å². The molecule has 22 heavy (non-hydrogen) atoms. The molecule has 0 unspecified atom stereocenters. The highest BCUT2D eigenvalue weighted by atomic mass is 16.2. The first-order chi connectivity index (χ1) is 10.7. The van der Waals surface area contributed by atoms with E-state index in [1.807, 2.05) is 6.92 Å². The van der Waals surface area contributed by atoms with Gasteiger partial charge in [0.2, 0.25) is 5.91 Å². The normalized spacial score (nSPS) is 31.6. The van der Waals surface area contributed by atoms with E-state index in [1.165, 1.54) is 37.9 Å². The van der Waals surface area contributed by atoms with Gasteiger partial charge in [0, 0.05) is 31.1 Å². The number of nitrogens with one attached hydrogen (secondary N) is 1.